The molecule has 0 saturated carbocycles. The SMILES string of the molecule is Cc1nsc2ccc3sccc3c12. The van der Waals surface area contributed by atoms with Gasteiger partial charge < -0.3 is 0 Å². The summed E-state index contributed by atoms with van der Waals surface area (Å²) >= 11 is 3.38. The van der Waals surface area contributed by atoms with E-state index in [1.54, 1.807) is 22.9 Å². The van der Waals surface area contributed by atoms with E-state index in [-0.39, 0.29) is 0 Å². The molecule has 0 unspecified atom stereocenters. The minimum atomic E-state index is 1.16. The first kappa shape index (κ1) is 7.47. The number of hydrogen-bond acceptors (Lipinski definition) is 3. The molecule has 3 heteroatoms. The zero-order valence-corrected chi connectivity index (χ0v) is 8.71. The van der Waals surface area contributed by atoms with Crippen molar-refractivity contribution in [1.82, 2.24) is 4.37 Å². The fraction of sp³-hybridized carbons (Fsp3) is 0.100. The largest absolute Gasteiger partial charge is 0.197 e. The predicted octanol–water partition coefficient (Wildman–Crippen LogP) is 3.82. The Morgan fingerprint density at radius 1 is 1.15 bits per heavy atom. The summed E-state index contributed by atoms with van der Waals surface area (Å²) in [5, 5.41) is 4.83. The lowest BCUT2D eigenvalue weighted by molar-refractivity contribution is 1.38. The van der Waals surface area contributed by atoms with Crippen LogP contribution in [0.4, 0.5) is 0 Å². The zero-order valence-electron chi connectivity index (χ0n) is 7.07. The average molecular weight is 205 g/mol. The number of aromatic nitrogens is 1. The molecule has 0 aliphatic heterocycles. The van der Waals surface area contributed by atoms with E-state index in [4.69, 9.17) is 0 Å². The number of benzene rings is 1. The van der Waals surface area contributed by atoms with Crippen LogP contribution in [0.3, 0.4) is 0 Å². The van der Waals surface area contributed by atoms with Crippen LogP contribution >= 0.6 is 22.9 Å². The van der Waals surface area contributed by atoms with E-state index in [0.29, 0.717) is 0 Å². The molecule has 3 aromatic rings. The summed E-state index contributed by atoms with van der Waals surface area (Å²) in [6, 6.07) is 6.53. The van der Waals surface area contributed by atoms with Crippen LogP contribution in [0.1, 0.15) is 5.69 Å². The van der Waals surface area contributed by atoms with Gasteiger partial charge in [0.2, 0.25) is 0 Å². The molecule has 0 amide bonds. The fourth-order valence-corrected chi connectivity index (χ4v) is 3.24. The average Bonchev–Trinajstić information content (AvgIpc) is 2.70. The molecule has 0 N–H and O–H groups in total. The summed E-state index contributed by atoms with van der Waals surface area (Å²) < 4.78 is 7.02. The normalized spacial score (nSPS) is 11.5. The molecule has 0 spiro atoms. The van der Waals surface area contributed by atoms with Gasteiger partial charge in [-0.1, -0.05) is 0 Å². The summed E-state index contributed by atoms with van der Waals surface area (Å²) in [4.78, 5) is 0. The van der Waals surface area contributed by atoms with Crippen LogP contribution in [-0.4, -0.2) is 4.37 Å². The topological polar surface area (TPSA) is 12.9 Å². The Labute approximate surface area is 83.8 Å². The van der Waals surface area contributed by atoms with Crippen LogP contribution < -0.4 is 0 Å². The van der Waals surface area contributed by atoms with Crippen LogP contribution in [0.25, 0.3) is 20.2 Å². The van der Waals surface area contributed by atoms with E-state index >= 15 is 0 Å². The smallest absolute Gasteiger partial charge is 0.0596 e. The summed E-state index contributed by atoms with van der Waals surface area (Å²) in [6.07, 6.45) is 0. The molecule has 0 aliphatic carbocycles. The van der Waals surface area contributed by atoms with Gasteiger partial charge in [0.25, 0.3) is 0 Å². The molecule has 0 atom stereocenters. The quantitative estimate of drug-likeness (QED) is 0.543. The Balaban J connectivity index is 2.70. The molecule has 2 heterocycles. The number of hydrogen-bond donors (Lipinski definition) is 0. The molecule has 0 radical (unpaired) electrons. The molecular formula is C10H7NS2. The Kier molecular flexibility index (Phi) is 1.45. The Morgan fingerprint density at radius 2 is 2.00 bits per heavy atom. The third-order valence-corrected chi connectivity index (χ3v) is 4.02. The molecule has 1 nitrogen and oxygen atoms in total. The second-order valence-electron chi connectivity index (χ2n) is 3.04. The third kappa shape index (κ3) is 0.943. The Bertz CT molecular complexity index is 577. The highest BCUT2D eigenvalue weighted by Gasteiger charge is 2.06. The lowest BCUT2D eigenvalue weighted by atomic mass is 10.1. The van der Waals surface area contributed by atoms with Crippen molar-refractivity contribution < 1.29 is 0 Å². The van der Waals surface area contributed by atoms with Crippen LogP contribution in [0.5, 0.6) is 0 Å². The maximum absolute atomic E-state index is 4.37. The monoisotopic (exact) mass is 205 g/mol. The summed E-state index contributed by atoms with van der Waals surface area (Å²) in [5.41, 5.74) is 1.16. The molecule has 3 rings (SSSR count). The first-order valence-corrected chi connectivity index (χ1v) is 5.74. The van der Waals surface area contributed by atoms with Crippen molar-refractivity contribution in [3.8, 4) is 0 Å². The van der Waals surface area contributed by atoms with Gasteiger partial charge in [-0.15, -0.1) is 11.3 Å². The van der Waals surface area contributed by atoms with Gasteiger partial charge in [-0.3, -0.25) is 0 Å². The first-order chi connectivity index (χ1) is 6.36. The second-order valence-corrected chi connectivity index (χ2v) is 4.79. The first-order valence-electron chi connectivity index (χ1n) is 4.08. The maximum Gasteiger partial charge on any atom is 0.0596 e. The number of nitrogens with zero attached hydrogens (tertiary/aromatic N) is 1. The van der Waals surface area contributed by atoms with Gasteiger partial charge in [0.1, 0.15) is 0 Å². The highest BCUT2D eigenvalue weighted by atomic mass is 32.1. The minimum absolute atomic E-state index is 1.16. The van der Waals surface area contributed by atoms with Gasteiger partial charge >= 0.3 is 0 Å². The highest BCUT2D eigenvalue weighted by Crippen LogP contribution is 2.32. The van der Waals surface area contributed by atoms with Gasteiger partial charge in [-0.05, 0) is 42.0 Å². The van der Waals surface area contributed by atoms with Crippen LogP contribution in [-0.2, 0) is 0 Å². The molecule has 0 bridgehead atoms. The van der Waals surface area contributed by atoms with E-state index in [0.717, 1.165) is 5.69 Å². The predicted molar refractivity (Wildman–Crippen MR) is 59.7 cm³/mol. The summed E-state index contributed by atoms with van der Waals surface area (Å²) in [6.45, 7) is 2.08. The van der Waals surface area contributed by atoms with Gasteiger partial charge in [0, 0.05) is 15.5 Å². The molecule has 64 valence electrons. The van der Waals surface area contributed by atoms with Gasteiger partial charge in [0.05, 0.1) is 10.4 Å². The van der Waals surface area contributed by atoms with Gasteiger partial charge in [-0.2, -0.15) is 4.37 Å². The third-order valence-electron chi connectivity index (χ3n) is 2.24. The molecular weight excluding hydrogens is 198 g/mol. The number of rotatable bonds is 0. The fourth-order valence-electron chi connectivity index (χ4n) is 1.64. The van der Waals surface area contributed by atoms with E-state index < -0.39 is 0 Å². The van der Waals surface area contributed by atoms with Gasteiger partial charge in [0.15, 0.2) is 0 Å². The van der Waals surface area contributed by atoms with Crippen molar-refractivity contribution >= 4 is 43.0 Å². The number of fused-ring (bicyclic) bond motifs is 3. The van der Waals surface area contributed by atoms with E-state index in [1.165, 1.54) is 20.2 Å². The van der Waals surface area contributed by atoms with Crippen LogP contribution in [0.15, 0.2) is 23.6 Å². The van der Waals surface area contributed by atoms with E-state index in [1.807, 2.05) is 0 Å². The van der Waals surface area contributed by atoms with Crippen LogP contribution in [0, 0.1) is 6.92 Å². The molecule has 1 aromatic carbocycles. The summed E-state index contributed by atoms with van der Waals surface area (Å²) in [5.74, 6) is 0. The standard InChI is InChI=1S/C10H7NS2/c1-6-10-7-4-5-12-8(7)2-3-9(10)13-11-6/h2-5H,1H3. The number of aryl methyl sites for hydroxylation is 1. The van der Waals surface area contributed by atoms with Crippen molar-refractivity contribution in [2.45, 2.75) is 6.92 Å². The molecule has 0 fully saturated rings. The number of thiophene rings is 1. The molecule has 0 saturated heterocycles. The lowest BCUT2D eigenvalue weighted by Gasteiger charge is -1.92. The minimum Gasteiger partial charge on any atom is -0.197 e. The van der Waals surface area contributed by atoms with Gasteiger partial charge in [-0.25, -0.2) is 0 Å². The van der Waals surface area contributed by atoms with E-state index in [9.17, 15) is 0 Å². The van der Waals surface area contributed by atoms with Crippen molar-refractivity contribution in [2.24, 2.45) is 0 Å². The van der Waals surface area contributed by atoms with Crippen molar-refractivity contribution in [3.63, 3.8) is 0 Å². The van der Waals surface area contributed by atoms with E-state index in [2.05, 4.69) is 34.9 Å². The van der Waals surface area contributed by atoms with Crippen molar-refractivity contribution in [3.05, 3.63) is 29.3 Å². The summed E-state index contributed by atoms with van der Waals surface area (Å²) in [7, 11) is 0. The zero-order chi connectivity index (χ0) is 8.84. The maximum atomic E-state index is 4.37. The molecule has 13 heavy (non-hydrogen) atoms. The van der Waals surface area contributed by atoms with Crippen molar-refractivity contribution in [1.29, 1.82) is 0 Å². The van der Waals surface area contributed by atoms with Crippen LogP contribution in [0.2, 0.25) is 0 Å². The highest BCUT2D eigenvalue weighted by molar-refractivity contribution is 7.18. The second kappa shape index (κ2) is 2.53. The Hall–Kier alpha value is -0.930. The molecule has 0 aliphatic rings. The Morgan fingerprint density at radius 3 is 2.92 bits per heavy atom. The lowest BCUT2D eigenvalue weighted by Crippen LogP contribution is -1.70. The molecule has 2 aromatic heterocycles. The van der Waals surface area contributed by atoms with Crippen molar-refractivity contribution in [2.75, 3.05) is 0 Å².